The van der Waals surface area contributed by atoms with Gasteiger partial charge in [-0.15, -0.1) is 0 Å². The quantitative estimate of drug-likeness (QED) is 0.803. The SMILES string of the molecule is CC(C)c1ccccc1NC(=O)c1ccc(S(=O)(=O)N2C[C@@H](C)O[C@H](C)C2)cc1. The number of hydrogen-bond donors (Lipinski definition) is 1. The Morgan fingerprint density at radius 2 is 1.62 bits per heavy atom. The number of sulfonamides is 1. The summed E-state index contributed by atoms with van der Waals surface area (Å²) in [4.78, 5) is 12.8. The Morgan fingerprint density at radius 3 is 2.21 bits per heavy atom. The smallest absolute Gasteiger partial charge is 0.255 e. The number of carbonyl (C=O) groups is 1. The van der Waals surface area contributed by atoms with Crippen LogP contribution in [-0.2, 0) is 14.8 Å². The number of rotatable bonds is 5. The van der Waals surface area contributed by atoms with Gasteiger partial charge in [-0.2, -0.15) is 4.31 Å². The summed E-state index contributed by atoms with van der Waals surface area (Å²) in [7, 11) is -3.63. The van der Waals surface area contributed by atoms with Gasteiger partial charge in [0.2, 0.25) is 10.0 Å². The van der Waals surface area contributed by atoms with Crippen LogP contribution in [-0.4, -0.2) is 43.9 Å². The summed E-state index contributed by atoms with van der Waals surface area (Å²) in [6, 6.07) is 13.8. The van der Waals surface area contributed by atoms with Gasteiger partial charge in [-0.05, 0) is 55.7 Å². The fourth-order valence-corrected chi connectivity index (χ4v) is 5.15. The molecule has 0 radical (unpaired) electrons. The number of carbonyl (C=O) groups excluding carboxylic acids is 1. The predicted molar refractivity (Wildman–Crippen MR) is 114 cm³/mol. The first-order chi connectivity index (χ1) is 13.7. The van der Waals surface area contributed by atoms with Crippen LogP contribution in [0.1, 0.15) is 49.5 Å². The Labute approximate surface area is 172 Å². The maximum Gasteiger partial charge on any atom is 0.255 e. The van der Waals surface area contributed by atoms with E-state index in [1.807, 2.05) is 38.1 Å². The van der Waals surface area contributed by atoms with E-state index >= 15 is 0 Å². The van der Waals surface area contributed by atoms with Crippen LogP contribution in [0.5, 0.6) is 0 Å². The molecule has 0 saturated carbocycles. The first-order valence-corrected chi connectivity index (χ1v) is 11.3. The van der Waals surface area contributed by atoms with Gasteiger partial charge in [-0.25, -0.2) is 8.42 Å². The summed E-state index contributed by atoms with van der Waals surface area (Å²) < 4.78 is 32.9. The van der Waals surface area contributed by atoms with Crippen molar-refractivity contribution < 1.29 is 17.9 Å². The standard InChI is InChI=1S/C22H28N2O4S/c1-15(2)20-7-5-6-8-21(20)23-22(25)18-9-11-19(12-10-18)29(26,27)24-13-16(3)28-17(4)14-24/h5-12,15-17H,13-14H2,1-4H3,(H,23,25)/t16-,17-/m1/s1. The van der Waals surface area contributed by atoms with Gasteiger partial charge in [-0.3, -0.25) is 4.79 Å². The van der Waals surface area contributed by atoms with Crippen LogP contribution >= 0.6 is 0 Å². The van der Waals surface area contributed by atoms with Gasteiger partial charge in [0.05, 0.1) is 17.1 Å². The Bertz CT molecular complexity index is 961. The summed E-state index contributed by atoms with van der Waals surface area (Å²) in [6.45, 7) is 8.50. The Morgan fingerprint density at radius 1 is 1.03 bits per heavy atom. The lowest BCUT2D eigenvalue weighted by Gasteiger charge is -2.34. The number of hydrogen-bond acceptors (Lipinski definition) is 4. The van der Waals surface area contributed by atoms with E-state index in [1.165, 1.54) is 16.4 Å². The van der Waals surface area contributed by atoms with Crippen LogP contribution in [0, 0.1) is 0 Å². The molecule has 1 heterocycles. The lowest BCUT2D eigenvalue weighted by molar-refractivity contribution is -0.0440. The largest absolute Gasteiger partial charge is 0.373 e. The van der Waals surface area contributed by atoms with Crippen LogP contribution in [0.3, 0.4) is 0 Å². The van der Waals surface area contributed by atoms with Crippen molar-refractivity contribution in [1.82, 2.24) is 4.31 Å². The second-order valence-electron chi connectivity index (χ2n) is 7.80. The molecule has 1 fully saturated rings. The minimum Gasteiger partial charge on any atom is -0.373 e. The molecular weight excluding hydrogens is 388 g/mol. The summed E-state index contributed by atoms with van der Waals surface area (Å²) in [5.74, 6) is 0.00740. The lowest BCUT2D eigenvalue weighted by Crippen LogP contribution is -2.48. The molecule has 0 spiro atoms. The zero-order chi connectivity index (χ0) is 21.2. The van der Waals surface area contributed by atoms with E-state index < -0.39 is 10.0 Å². The van der Waals surface area contributed by atoms with E-state index in [1.54, 1.807) is 12.1 Å². The first kappa shape index (κ1) is 21.5. The highest BCUT2D eigenvalue weighted by atomic mass is 32.2. The number of ether oxygens (including phenoxy) is 1. The zero-order valence-electron chi connectivity index (χ0n) is 17.3. The van der Waals surface area contributed by atoms with E-state index in [-0.39, 0.29) is 28.9 Å². The van der Waals surface area contributed by atoms with E-state index in [0.29, 0.717) is 18.7 Å². The molecule has 6 nitrogen and oxygen atoms in total. The third-order valence-electron chi connectivity index (χ3n) is 4.97. The number of benzene rings is 2. The first-order valence-electron chi connectivity index (χ1n) is 9.84. The van der Waals surface area contributed by atoms with Crippen molar-refractivity contribution in [2.24, 2.45) is 0 Å². The molecule has 1 saturated heterocycles. The molecule has 0 bridgehead atoms. The van der Waals surface area contributed by atoms with Crippen molar-refractivity contribution >= 4 is 21.6 Å². The summed E-state index contributed by atoms with van der Waals surface area (Å²) in [5, 5.41) is 2.93. The summed E-state index contributed by atoms with van der Waals surface area (Å²) in [6.07, 6.45) is -0.306. The number of nitrogens with one attached hydrogen (secondary N) is 1. The maximum atomic E-state index is 12.9. The van der Waals surface area contributed by atoms with Crippen molar-refractivity contribution in [3.8, 4) is 0 Å². The third-order valence-corrected chi connectivity index (χ3v) is 6.82. The predicted octanol–water partition coefficient (Wildman–Crippen LogP) is 3.86. The number of nitrogens with zero attached hydrogens (tertiary/aromatic N) is 1. The zero-order valence-corrected chi connectivity index (χ0v) is 18.1. The minimum atomic E-state index is -3.63. The molecular formula is C22H28N2O4S. The third kappa shape index (κ3) is 4.86. The number of anilines is 1. The van der Waals surface area contributed by atoms with Gasteiger partial charge in [0.1, 0.15) is 0 Å². The molecule has 2 aromatic rings. The van der Waals surface area contributed by atoms with Crippen molar-refractivity contribution in [2.75, 3.05) is 18.4 Å². The van der Waals surface area contributed by atoms with Crippen molar-refractivity contribution in [1.29, 1.82) is 0 Å². The van der Waals surface area contributed by atoms with Gasteiger partial charge >= 0.3 is 0 Å². The Hall–Kier alpha value is -2.22. The fourth-order valence-electron chi connectivity index (χ4n) is 3.56. The summed E-state index contributed by atoms with van der Waals surface area (Å²) in [5.41, 5.74) is 2.22. The van der Waals surface area contributed by atoms with Crippen LogP contribution in [0.25, 0.3) is 0 Å². The number of para-hydroxylation sites is 1. The molecule has 1 aliphatic rings. The molecule has 0 unspecified atom stereocenters. The van der Waals surface area contributed by atoms with Gasteiger partial charge in [0, 0.05) is 24.3 Å². The Kier molecular flexibility index (Phi) is 6.41. The highest BCUT2D eigenvalue weighted by Crippen LogP contribution is 2.25. The monoisotopic (exact) mass is 416 g/mol. The highest BCUT2D eigenvalue weighted by molar-refractivity contribution is 7.89. The molecule has 2 aromatic carbocycles. The fraction of sp³-hybridized carbons (Fsp3) is 0.409. The normalized spacial score (nSPS) is 20.6. The van der Waals surface area contributed by atoms with Crippen LogP contribution in [0.2, 0.25) is 0 Å². The second-order valence-corrected chi connectivity index (χ2v) is 9.74. The molecule has 1 amide bonds. The molecule has 29 heavy (non-hydrogen) atoms. The molecule has 0 aromatic heterocycles. The topological polar surface area (TPSA) is 75.7 Å². The van der Waals surface area contributed by atoms with Gasteiger partial charge in [-0.1, -0.05) is 32.0 Å². The highest BCUT2D eigenvalue weighted by Gasteiger charge is 2.32. The molecule has 1 aliphatic heterocycles. The van der Waals surface area contributed by atoms with E-state index in [4.69, 9.17) is 4.74 Å². The van der Waals surface area contributed by atoms with Crippen molar-refractivity contribution in [2.45, 2.75) is 50.7 Å². The molecule has 156 valence electrons. The van der Waals surface area contributed by atoms with Crippen LogP contribution < -0.4 is 5.32 Å². The number of morpholine rings is 1. The number of amides is 1. The second kappa shape index (κ2) is 8.65. The lowest BCUT2D eigenvalue weighted by atomic mass is 10.0. The van der Waals surface area contributed by atoms with E-state index in [9.17, 15) is 13.2 Å². The minimum absolute atomic E-state index is 0.153. The average Bonchev–Trinajstić information content (AvgIpc) is 2.67. The molecule has 1 N–H and O–H groups in total. The van der Waals surface area contributed by atoms with Crippen molar-refractivity contribution in [3.63, 3.8) is 0 Å². The Balaban J connectivity index is 1.77. The molecule has 2 atom stereocenters. The van der Waals surface area contributed by atoms with Gasteiger partial charge in [0.25, 0.3) is 5.91 Å². The molecule has 7 heteroatoms. The van der Waals surface area contributed by atoms with Gasteiger partial charge < -0.3 is 10.1 Å². The van der Waals surface area contributed by atoms with Crippen LogP contribution in [0.4, 0.5) is 5.69 Å². The molecule has 0 aliphatic carbocycles. The van der Waals surface area contributed by atoms with E-state index in [2.05, 4.69) is 19.2 Å². The maximum absolute atomic E-state index is 12.9. The van der Waals surface area contributed by atoms with E-state index in [0.717, 1.165) is 11.3 Å². The van der Waals surface area contributed by atoms with Crippen molar-refractivity contribution in [3.05, 3.63) is 59.7 Å². The van der Waals surface area contributed by atoms with Gasteiger partial charge in [0.15, 0.2) is 0 Å². The average molecular weight is 417 g/mol. The molecule has 3 rings (SSSR count). The van der Waals surface area contributed by atoms with Crippen LogP contribution in [0.15, 0.2) is 53.4 Å². The summed E-state index contributed by atoms with van der Waals surface area (Å²) >= 11 is 0.